The number of carbonyl (C=O) groups excluding carboxylic acids is 2. The third kappa shape index (κ3) is 8.91. The molecule has 0 aliphatic heterocycles. The van der Waals surface area contributed by atoms with Crippen LogP contribution in [-0.4, -0.2) is 29.3 Å². The summed E-state index contributed by atoms with van der Waals surface area (Å²) in [6.07, 6.45) is 2.30. The Morgan fingerprint density at radius 2 is 1.49 bits per heavy atom. The molecule has 0 aromatic heterocycles. The van der Waals surface area contributed by atoms with E-state index in [2.05, 4.69) is 50.4 Å². The first-order valence-corrected chi connectivity index (χ1v) is 13.6. The zero-order valence-corrected chi connectivity index (χ0v) is 23.4. The molecule has 3 rings (SSSR count). The fourth-order valence-electron chi connectivity index (χ4n) is 4.15. The van der Waals surface area contributed by atoms with Gasteiger partial charge < -0.3 is 10.2 Å². The molecule has 3 aromatic rings. The van der Waals surface area contributed by atoms with Crippen LogP contribution < -0.4 is 5.32 Å². The summed E-state index contributed by atoms with van der Waals surface area (Å²) >= 11 is 12.4. The second-order valence-electron chi connectivity index (χ2n) is 9.78. The molecule has 3 aromatic carbocycles. The van der Waals surface area contributed by atoms with Crippen LogP contribution in [0.15, 0.2) is 72.8 Å². The second-order valence-corrected chi connectivity index (χ2v) is 10.6. The largest absolute Gasteiger partial charge is 0.354 e. The minimum atomic E-state index is -0.662. The predicted molar refractivity (Wildman–Crippen MR) is 153 cm³/mol. The van der Waals surface area contributed by atoms with Crippen molar-refractivity contribution in [3.8, 4) is 0 Å². The minimum absolute atomic E-state index is 0.0775. The summed E-state index contributed by atoms with van der Waals surface area (Å²) in [6.45, 7) is 7.03. The van der Waals surface area contributed by atoms with Gasteiger partial charge in [-0.05, 0) is 53.1 Å². The Morgan fingerprint density at radius 1 is 0.838 bits per heavy atom. The summed E-state index contributed by atoms with van der Waals surface area (Å²) in [5, 5.41) is 3.93. The van der Waals surface area contributed by atoms with E-state index in [0.717, 1.165) is 23.1 Å². The smallest absolute Gasteiger partial charge is 0.243 e. The SMILES string of the molecule is CCc1ccc(CCC(=O)N(Cc2ccc(Cl)c(Cl)c2)[C@@H](Cc2ccccc2)C(=O)NCC(C)C)cc1. The van der Waals surface area contributed by atoms with Gasteiger partial charge in [-0.2, -0.15) is 0 Å². The number of rotatable bonds is 12. The van der Waals surface area contributed by atoms with Crippen LogP contribution in [-0.2, 0) is 35.4 Å². The van der Waals surface area contributed by atoms with Crippen molar-refractivity contribution in [3.63, 3.8) is 0 Å². The highest BCUT2D eigenvalue weighted by Crippen LogP contribution is 2.25. The van der Waals surface area contributed by atoms with E-state index in [1.54, 1.807) is 17.0 Å². The lowest BCUT2D eigenvalue weighted by molar-refractivity contribution is -0.141. The Hall–Kier alpha value is -2.82. The molecule has 0 saturated carbocycles. The van der Waals surface area contributed by atoms with E-state index in [-0.39, 0.29) is 18.4 Å². The van der Waals surface area contributed by atoms with Gasteiger partial charge in [0, 0.05) is 25.9 Å². The standard InChI is InChI=1S/C31H36Cl2N2O2/c1-4-23-10-12-24(13-11-23)15-17-30(36)35(21-26-14-16-27(32)28(33)18-26)29(31(37)34-20-22(2)3)19-25-8-6-5-7-9-25/h5-14,16,18,22,29H,4,15,17,19-21H2,1-3H3,(H,34,37)/t29-/m0/s1. The van der Waals surface area contributed by atoms with Crippen LogP contribution in [0.25, 0.3) is 0 Å². The first-order valence-electron chi connectivity index (χ1n) is 12.9. The van der Waals surface area contributed by atoms with Crippen LogP contribution in [0.5, 0.6) is 0 Å². The number of hydrogen-bond acceptors (Lipinski definition) is 2. The van der Waals surface area contributed by atoms with Crippen LogP contribution >= 0.6 is 23.2 Å². The third-order valence-corrected chi connectivity index (χ3v) is 7.09. The third-order valence-electron chi connectivity index (χ3n) is 6.35. The van der Waals surface area contributed by atoms with E-state index in [1.807, 2.05) is 36.4 Å². The van der Waals surface area contributed by atoms with Crippen molar-refractivity contribution >= 4 is 35.0 Å². The van der Waals surface area contributed by atoms with Crippen molar-refractivity contribution in [2.45, 2.75) is 59.0 Å². The van der Waals surface area contributed by atoms with Gasteiger partial charge in [0.2, 0.25) is 11.8 Å². The van der Waals surface area contributed by atoms with Gasteiger partial charge in [0.15, 0.2) is 0 Å². The second kappa shape index (κ2) is 14.2. The topological polar surface area (TPSA) is 49.4 Å². The maximum absolute atomic E-state index is 13.8. The monoisotopic (exact) mass is 538 g/mol. The number of nitrogens with one attached hydrogen (secondary N) is 1. The molecule has 0 fully saturated rings. The fourth-order valence-corrected chi connectivity index (χ4v) is 4.47. The first-order chi connectivity index (χ1) is 17.8. The van der Waals surface area contributed by atoms with Gasteiger partial charge in [0.25, 0.3) is 0 Å². The summed E-state index contributed by atoms with van der Waals surface area (Å²) < 4.78 is 0. The zero-order valence-electron chi connectivity index (χ0n) is 21.8. The number of hydrogen-bond donors (Lipinski definition) is 1. The van der Waals surface area contributed by atoms with Crippen LogP contribution in [0.1, 0.15) is 49.4 Å². The molecule has 0 spiro atoms. The average Bonchev–Trinajstić information content (AvgIpc) is 2.90. The lowest BCUT2D eigenvalue weighted by Gasteiger charge is -2.32. The number of benzene rings is 3. The van der Waals surface area contributed by atoms with Crippen LogP contribution in [0.2, 0.25) is 10.0 Å². The maximum atomic E-state index is 13.8. The highest BCUT2D eigenvalue weighted by atomic mass is 35.5. The Kier molecular flexibility index (Phi) is 11.0. The van der Waals surface area contributed by atoms with Crippen molar-refractivity contribution < 1.29 is 9.59 Å². The maximum Gasteiger partial charge on any atom is 0.243 e. The molecule has 0 saturated heterocycles. The fraction of sp³-hybridized carbons (Fsp3) is 0.355. The van der Waals surface area contributed by atoms with Gasteiger partial charge in [-0.1, -0.05) is 105 Å². The van der Waals surface area contributed by atoms with Crippen molar-refractivity contribution in [2.24, 2.45) is 5.92 Å². The Labute approximate surface area is 231 Å². The Bertz CT molecular complexity index is 1160. The van der Waals surface area contributed by atoms with E-state index < -0.39 is 6.04 Å². The van der Waals surface area contributed by atoms with Gasteiger partial charge in [-0.15, -0.1) is 0 Å². The lowest BCUT2D eigenvalue weighted by atomic mass is 10.0. The molecule has 0 radical (unpaired) electrons. The van der Waals surface area contributed by atoms with Crippen molar-refractivity contribution in [3.05, 3.63) is 105 Å². The summed E-state index contributed by atoms with van der Waals surface area (Å²) in [6, 6.07) is 22.8. The molecule has 0 bridgehead atoms. The van der Waals surface area contributed by atoms with Crippen LogP contribution in [0.3, 0.4) is 0 Å². The number of amides is 2. The van der Waals surface area contributed by atoms with E-state index in [0.29, 0.717) is 41.8 Å². The van der Waals surface area contributed by atoms with Gasteiger partial charge in [0.1, 0.15) is 6.04 Å². The quantitative estimate of drug-likeness (QED) is 0.272. The first kappa shape index (κ1) is 28.7. The molecule has 0 aliphatic carbocycles. The van der Waals surface area contributed by atoms with Crippen molar-refractivity contribution in [2.75, 3.05) is 6.54 Å². The highest BCUT2D eigenvalue weighted by molar-refractivity contribution is 6.42. The number of halogens is 2. The molecular weight excluding hydrogens is 503 g/mol. The van der Waals surface area contributed by atoms with Crippen molar-refractivity contribution in [1.82, 2.24) is 10.2 Å². The number of nitrogens with zero attached hydrogens (tertiary/aromatic N) is 1. The normalized spacial score (nSPS) is 11.8. The summed E-state index contributed by atoms with van der Waals surface area (Å²) in [5.74, 6) is 0.0659. The summed E-state index contributed by atoms with van der Waals surface area (Å²) in [7, 11) is 0. The van der Waals surface area contributed by atoms with E-state index in [1.165, 1.54) is 5.56 Å². The zero-order chi connectivity index (χ0) is 26.8. The molecule has 4 nitrogen and oxygen atoms in total. The van der Waals surface area contributed by atoms with Gasteiger partial charge in [-0.25, -0.2) is 0 Å². The van der Waals surface area contributed by atoms with E-state index >= 15 is 0 Å². The molecule has 2 amide bonds. The van der Waals surface area contributed by atoms with E-state index in [4.69, 9.17) is 23.2 Å². The van der Waals surface area contributed by atoms with Gasteiger partial charge in [0.05, 0.1) is 10.0 Å². The molecule has 0 unspecified atom stereocenters. The van der Waals surface area contributed by atoms with Crippen molar-refractivity contribution in [1.29, 1.82) is 0 Å². The van der Waals surface area contributed by atoms with Gasteiger partial charge >= 0.3 is 0 Å². The molecular formula is C31H36Cl2N2O2. The predicted octanol–water partition coefficient (Wildman–Crippen LogP) is 6.90. The lowest BCUT2D eigenvalue weighted by Crippen LogP contribution is -2.51. The Balaban J connectivity index is 1.90. The van der Waals surface area contributed by atoms with Crippen LogP contribution in [0.4, 0.5) is 0 Å². The Morgan fingerprint density at radius 3 is 2.11 bits per heavy atom. The molecule has 0 heterocycles. The number of aryl methyl sites for hydroxylation is 2. The average molecular weight is 540 g/mol. The molecule has 1 N–H and O–H groups in total. The molecule has 0 aliphatic rings. The summed E-state index contributed by atoms with van der Waals surface area (Å²) in [5.41, 5.74) is 4.18. The molecule has 1 atom stereocenters. The molecule has 196 valence electrons. The van der Waals surface area contributed by atoms with Crippen LogP contribution in [0, 0.1) is 5.92 Å². The van der Waals surface area contributed by atoms with Gasteiger partial charge in [-0.3, -0.25) is 9.59 Å². The minimum Gasteiger partial charge on any atom is -0.354 e. The highest BCUT2D eigenvalue weighted by Gasteiger charge is 2.30. The molecule has 37 heavy (non-hydrogen) atoms. The number of carbonyl (C=O) groups is 2. The molecule has 6 heteroatoms. The van der Waals surface area contributed by atoms with E-state index in [9.17, 15) is 9.59 Å². The summed E-state index contributed by atoms with van der Waals surface area (Å²) in [4.78, 5) is 29.0.